The van der Waals surface area contributed by atoms with Gasteiger partial charge < -0.3 is 16.0 Å². The summed E-state index contributed by atoms with van der Waals surface area (Å²) >= 11 is 3.10. The molecule has 35 heavy (non-hydrogen) atoms. The Hall–Kier alpha value is -3.14. The maximum absolute atomic E-state index is 12.9. The Morgan fingerprint density at radius 3 is 3.03 bits per heavy atom. The highest BCUT2D eigenvalue weighted by Crippen LogP contribution is 2.50. The number of amides is 2. The Labute approximate surface area is 209 Å². The number of H-pyrrole nitrogens is 1. The van der Waals surface area contributed by atoms with E-state index in [2.05, 4.69) is 43.5 Å². The van der Waals surface area contributed by atoms with Crippen molar-refractivity contribution in [1.29, 1.82) is 5.26 Å². The third kappa shape index (κ3) is 3.57. The van der Waals surface area contributed by atoms with Crippen molar-refractivity contribution in [2.75, 3.05) is 13.1 Å². The molecule has 180 valence electrons. The van der Waals surface area contributed by atoms with Crippen molar-refractivity contribution in [3.05, 3.63) is 49.1 Å². The van der Waals surface area contributed by atoms with Gasteiger partial charge in [-0.25, -0.2) is 0 Å². The van der Waals surface area contributed by atoms with Gasteiger partial charge in [-0.15, -0.1) is 32.9 Å². The molecule has 0 bridgehead atoms. The summed E-state index contributed by atoms with van der Waals surface area (Å²) in [5.74, 6) is 0.552. The van der Waals surface area contributed by atoms with E-state index < -0.39 is 11.3 Å². The van der Waals surface area contributed by atoms with Crippen LogP contribution in [0.5, 0.6) is 0 Å². The number of tetrazole rings is 1. The van der Waals surface area contributed by atoms with Crippen LogP contribution in [0.1, 0.15) is 55.6 Å². The number of hydrogen-bond acceptors (Lipinski definition) is 9. The molecular weight excluding hydrogens is 484 g/mol. The van der Waals surface area contributed by atoms with E-state index in [9.17, 15) is 14.9 Å². The average molecular weight is 509 g/mol. The monoisotopic (exact) mass is 508 g/mol. The van der Waals surface area contributed by atoms with Crippen LogP contribution in [0.2, 0.25) is 0 Å². The van der Waals surface area contributed by atoms with Crippen molar-refractivity contribution in [2.24, 2.45) is 11.7 Å². The summed E-state index contributed by atoms with van der Waals surface area (Å²) in [6, 6.07) is 6.20. The number of nitrogens with zero attached hydrogens (tertiary/aromatic N) is 5. The molecule has 1 saturated carbocycles. The second kappa shape index (κ2) is 8.51. The summed E-state index contributed by atoms with van der Waals surface area (Å²) in [5, 5.41) is 30.1. The zero-order chi connectivity index (χ0) is 24.2. The normalized spacial score (nSPS) is 26.4. The zero-order valence-corrected chi connectivity index (χ0v) is 20.5. The van der Waals surface area contributed by atoms with Gasteiger partial charge in [-0.1, -0.05) is 5.21 Å². The number of nitrogens with one attached hydrogen (secondary N) is 2. The standard InChI is InChI=1S/C23H24N8O2S2/c24-10-14-7-13-8-16(13)31(14)19(32)11-26-5-4-23(22-27-29-30-28-22)15-3-6-34-17(15)2-1-12-9-18(21(25)33)35-20(12)23/h3,6,9,13-14,16,26H,1-2,4-5,7-8,11H2,(H2,25,33)(H,27,28,29,30)/t13-,14?,16+,23?/m1/s1. The Morgan fingerprint density at radius 1 is 1.37 bits per heavy atom. The van der Waals surface area contributed by atoms with E-state index in [1.807, 2.05) is 6.07 Å². The van der Waals surface area contributed by atoms with Crippen LogP contribution in [0.3, 0.4) is 0 Å². The third-order valence-corrected chi connectivity index (χ3v) is 9.82. The number of nitriles is 1. The third-order valence-electron chi connectivity index (χ3n) is 7.49. The molecule has 2 aliphatic carbocycles. The number of likely N-dealkylation sites (tertiary alicyclic amines) is 1. The van der Waals surface area contributed by atoms with Gasteiger partial charge >= 0.3 is 0 Å². The van der Waals surface area contributed by atoms with Gasteiger partial charge in [0.2, 0.25) is 5.91 Å². The Kier molecular flexibility index (Phi) is 5.43. The van der Waals surface area contributed by atoms with Crippen molar-refractivity contribution < 1.29 is 9.59 Å². The molecule has 2 unspecified atom stereocenters. The summed E-state index contributed by atoms with van der Waals surface area (Å²) < 4.78 is 0. The average Bonchev–Trinajstić information content (AvgIpc) is 3.38. The first-order chi connectivity index (χ1) is 17.0. The molecule has 10 nitrogen and oxygen atoms in total. The van der Waals surface area contributed by atoms with Gasteiger partial charge in [-0.2, -0.15) is 10.5 Å². The molecule has 0 spiro atoms. The first-order valence-electron chi connectivity index (χ1n) is 11.7. The van der Waals surface area contributed by atoms with E-state index in [1.165, 1.54) is 16.2 Å². The van der Waals surface area contributed by atoms with E-state index in [1.54, 1.807) is 16.2 Å². The molecule has 4 N–H and O–H groups in total. The molecule has 3 aromatic rings. The predicted molar refractivity (Wildman–Crippen MR) is 129 cm³/mol. The molecule has 4 heterocycles. The number of nitrogens with two attached hydrogens (primary N) is 1. The van der Waals surface area contributed by atoms with Gasteiger partial charge in [0.15, 0.2) is 5.82 Å². The lowest BCUT2D eigenvalue weighted by molar-refractivity contribution is -0.131. The fourth-order valence-corrected chi connectivity index (χ4v) is 8.05. The fraction of sp³-hybridized carbons (Fsp3) is 0.478. The number of aromatic amines is 1. The van der Waals surface area contributed by atoms with E-state index in [4.69, 9.17) is 5.73 Å². The zero-order valence-electron chi connectivity index (χ0n) is 18.9. The quantitative estimate of drug-likeness (QED) is 0.407. The van der Waals surface area contributed by atoms with E-state index in [-0.39, 0.29) is 24.5 Å². The Balaban J connectivity index is 1.30. The first kappa shape index (κ1) is 22.3. The van der Waals surface area contributed by atoms with Gasteiger partial charge in [-0.3, -0.25) is 9.59 Å². The van der Waals surface area contributed by atoms with Crippen molar-refractivity contribution >= 4 is 34.5 Å². The van der Waals surface area contributed by atoms with E-state index >= 15 is 0 Å². The minimum absolute atomic E-state index is 0.0277. The van der Waals surface area contributed by atoms with Crippen LogP contribution in [0.4, 0.5) is 0 Å². The van der Waals surface area contributed by atoms with Gasteiger partial charge in [0.05, 0.1) is 22.9 Å². The fourth-order valence-electron chi connectivity index (χ4n) is 5.80. The minimum Gasteiger partial charge on any atom is -0.365 e. The van der Waals surface area contributed by atoms with Crippen molar-refractivity contribution in [2.45, 2.75) is 49.6 Å². The lowest BCUT2D eigenvalue weighted by atomic mass is 9.75. The van der Waals surface area contributed by atoms with Crippen LogP contribution in [0.15, 0.2) is 17.5 Å². The number of carbonyl (C=O) groups excluding carboxylic acids is 2. The number of rotatable bonds is 7. The molecule has 12 heteroatoms. The van der Waals surface area contributed by atoms with E-state index in [0.717, 1.165) is 41.7 Å². The molecule has 1 aliphatic heterocycles. The summed E-state index contributed by atoms with van der Waals surface area (Å²) in [5.41, 5.74) is 7.11. The highest BCUT2D eigenvalue weighted by atomic mass is 32.1. The maximum Gasteiger partial charge on any atom is 0.258 e. The largest absolute Gasteiger partial charge is 0.365 e. The van der Waals surface area contributed by atoms with Gasteiger partial charge in [0.1, 0.15) is 6.04 Å². The number of carbonyl (C=O) groups is 2. The van der Waals surface area contributed by atoms with Crippen molar-refractivity contribution in [3.63, 3.8) is 0 Å². The van der Waals surface area contributed by atoms with Crippen LogP contribution in [0.25, 0.3) is 0 Å². The first-order valence-corrected chi connectivity index (χ1v) is 13.4. The van der Waals surface area contributed by atoms with E-state index in [0.29, 0.717) is 29.6 Å². The van der Waals surface area contributed by atoms with Gasteiger partial charge in [0, 0.05) is 15.8 Å². The summed E-state index contributed by atoms with van der Waals surface area (Å²) in [6.45, 7) is 0.683. The SMILES string of the molecule is N#CC1C[C@@H]2C[C@@H]2N1C(=O)CNCCC1(c2nn[nH]n2)c2ccsc2CCc2cc(C(N)=O)sc21. The number of thiophene rings is 2. The Morgan fingerprint density at radius 2 is 2.26 bits per heavy atom. The predicted octanol–water partition coefficient (Wildman–Crippen LogP) is 1.35. The molecule has 0 aromatic carbocycles. The molecule has 2 fully saturated rings. The number of fused-ring (bicyclic) bond motifs is 3. The van der Waals surface area contributed by atoms with Gasteiger partial charge in [0.25, 0.3) is 5.91 Å². The number of aromatic nitrogens is 4. The van der Waals surface area contributed by atoms with Crippen LogP contribution in [-0.4, -0.2) is 62.5 Å². The van der Waals surface area contributed by atoms with Gasteiger partial charge in [-0.05, 0) is 73.2 Å². The van der Waals surface area contributed by atoms with Crippen molar-refractivity contribution in [1.82, 2.24) is 30.8 Å². The Bertz CT molecular complexity index is 1330. The number of aryl methyl sites for hydroxylation is 2. The number of piperidine rings is 1. The summed E-state index contributed by atoms with van der Waals surface area (Å²) in [4.78, 5) is 29.5. The van der Waals surface area contributed by atoms with Crippen LogP contribution >= 0.6 is 22.7 Å². The lowest BCUT2D eigenvalue weighted by Gasteiger charge is -2.31. The van der Waals surface area contributed by atoms with Crippen LogP contribution in [0, 0.1) is 17.2 Å². The lowest BCUT2D eigenvalue weighted by Crippen LogP contribution is -2.43. The molecule has 4 atom stereocenters. The second-order valence-corrected chi connectivity index (χ2v) is 11.5. The highest BCUT2D eigenvalue weighted by Gasteiger charge is 2.54. The topological polar surface area (TPSA) is 154 Å². The second-order valence-electron chi connectivity index (χ2n) is 9.40. The summed E-state index contributed by atoms with van der Waals surface area (Å²) in [6.07, 6.45) is 4.02. The van der Waals surface area contributed by atoms with Crippen LogP contribution in [-0.2, 0) is 23.1 Å². The number of hydrogen-bond donors (Lipinski definition) is 3. The number of primary amides is 1. The molecule has 0 radical (unpaired) electrons. The minimum atomic E-state index is -0.715. The maximum atomic E-state index is 12.9. The molecule has 3 aromatic heterocycles. The molecule has 3 aliphatic rings. The molecule has 1 saturated heterocycles. The van der Waals surface area contributed by atoms with Crippen molar-refractivity contribution in [3.8, 4) is 6.07 Å². The molecular formula is C23H24N8O2S2. The molecule has 2 amide bonds. The highest BCUT2D eigenvalue weighted by molar-refractivity contribution is 7.14. The van der Waals surface area contributed by atoms with Crippen LogP contribution < -0.4 is 11.1 Å². The smallest absolute Gasteiger partial charge is 0.258 e. The summed E-state index contributed by atoms with van der Waals surface area (Å²) in [7, 11) is 0. The molecule has 6 rings (SSSR count).